The SMILES string of the molecule is CCCS[C@@H]1COc2c(F)ccc(F)c2[C@H]1S(=O)(=O)c1ccc(C)cc1. The van der Waals surface area contributed by atoms with Gasteiger partial charge in [0.25, 0.3) is 0 Å². The maximum atomic E-state index is 14.6. The van der Waals surface area contributed by atoms with Crippen LogP contribution in [0, 0.1) is 18.6 Å². The average molecular weight is 398 g/mol. The highest BCUT2D eigenvalue weighted by Gasteiger charge is 2.44. The predicted octanol–water partition coefficient (Wildman–Crippen LogP) is 4.69. The molecule has 0 aliphatic carbocycles. The monoisotopic (exact) mass is 398 g/mol. The van der Waals surface area contributed by atoms with Crippen LogP contribution in [0.25, 0.3) is 0 Å². The van der Waals surface area contributed by atoms with Crippen molar-refractivity contribution in [2.24, 2.45) is 0 Å². The van der Waals surface area contributed by atoms with Gasteiger partial charge in [-0.15, -0.1) is 0 Å². The van der Waals surface area contributed by atoms with E-state index in [1.165, 1.54) is 23.9 Å². The third-order valence-electron chi connectivity index (χ3n) is 4.33. The Morgan fingerprint density at radius 1 is 1.12 bits per heavy atom. The molecule has 0 fully saturated rings. The van der Waals surface area contributed by atoms with Crippen molar-refractivity contribution >= 4 is 21.6 Å². The number of benzene rings is 2. The third kappa shape index (κ3) is 3.47. The topological polar surface area (TPSA) is 43.4 Å². The van der Waals surface area contributed by atoms with E-state index in [-0.39, 0.29) is 22.8 Å². The highest BCUT2D eigenvalue weighted by atomic mass is 32.2. The number of halogens is 2. The number of hydrogen-bond acceptors (Lipinski definition) is 4. The fourth-order valence-electron chi connectivity index (χ4n) is 3.03. The van der Waals surface area contributed by atoms with Gasteiger partial charge in [-0.2, -0.15) is 11.8 Å². The van der Waals surface area contributed by atoms with Crippen LogP contribution < -0.4 is 4.74 Å². The zero-order chi connectivity index (χ0) is 18.9. The smallest absolute Gasteiger partial charge is 0.186 e. The molecule has 7 heteroatoms. The fourth-order valence-corrected chi connectivity index (χ4v) is 6.54. The highest BCUT2D eigenvalue weighted by Crippen LogP contribution is 2.46. The summed E-state index contributed by atoms with van der Waals surface area (Å²) in [7, 11) is -3.92. The first-order valence-corrected chi connectivity index (χ1v) is 11.0. The first-order valence-electron chi connectivity index (χ1n) is 8.39. The van der Waals surface area contributed by atoms with Crippen LogP contribution in [0.3, 0.4) is 0 Å². The molecule has 3 rings (SSSR count). The molecule has 1 aliphatic rings. The van der Waals surface area contributed by atoms with Gasteiger partial charge < -0.3 is 4.74 Å². The maximum Gasteiger partial charge on any atom is 0.186 e. The molecule has 0 radical (unpaired) electrons. The number of thioether (sulfide) groups is 1. The van der Waals surface area contributed by atoms with Gasteiger partial charge in [-0.1, -0.05) is 24.6 Å². The molecule has 1 heterocycles. The Labute approximate surface area is 156 Å². The summed E-state index contributed by atoms with van der Waals surface area (Å²) in [5.74, 6) is -1.09. The van der Waals surface area contributed by atoms with Crippen LogP contribution in [0.15, 0.2) is 41.3 Å². The third-order valence-corrected chi connectivity index (χ3v) is 8.14. The Morgan fingerprint density at radius 3 is 2.42 bits per heavy atom. The minimum Gasteiger partial charge on any atom is -0.489 e. The van der Waals surface area contributed by atoms with E-state index in [2.05, 4.69) is 0 Å². The first kappa shape index (κ1) is 19.2. The van der Waals surface area contributed by atoms with Gasteiger partial charge in [-0.3, -0.25) is 0 Å². The van der Waals surface area contributed by atoms with Crippen molar-refractivity contribution in [3.8, 4) is 5.75 Å². The van der Waals surface area contributed by atoms with Gasteiger partial charge in [0.05, 0.1) is 15.7 Å². The molecule has 3 nitrogen and oxygen atoms in total. The van der Waals surface area contributed by atoms with Gasteiger partial charge in [0.2, 0.25) is 0 Å². The van der Waals surface area contributed by atoms with Crippen molar-refractivity contribution in [1.82, 2.24) is 0 Å². The Bertz CT molecular complexity index is 896. The lowest BCUT2D eigenvalue weighted by Gasteiger charge is -2.33. The van der Waals surface area contributed by atoms with Crippen LogP contribution in [0.4, 0.5) is 8.78 Å². The Kier molecular flexibility index (Phi) is 5.58. The Hall–Kier alpha value is -1.60. The molecule has 0 saturated carbocycles. The largest absolute Gasteiger partial charge is 0.489 e. The Balaban J connectivity index is 2.16. The number of sulfone groups is 1. The molecule has 26 heavy (non-hydrogen) atoms. The number of ether oxygens (including phenoxy) is 1. The number of rotatable bonds is 5. The van der Waals surface area contributed by atoms with E-state index in [1.54, 1.807) is 12.1 Å². The van der Waals surface area contributed by atoms with Crippen LogP contribution in [0.2, 0.25) is 0 Å². The minimum absolute atomic E-state index is 0.0216. The van der Waals surface area contributed by atoms with Crippen LogP contribution in [0.1, 0.15) is 29.7 Å². The lowest BCUT2D eigenvalue weighted by Crippen LogP contribution is -2.35. The second-order valence-corrected chi connectivity index (χ2v) is 9.69. The normalized spacial score (nSPS) is 19.7. The van der Waals surface area contributed by atoms with E-state index in [0.717, 1.165) is 24.1 Å². The van der Waals surface area contributed by atoms with Gasteiger partial charge >= 0.3 is 0 Å². The summed E-state index contributed by atoms with van der Waals surface area (Å²) >= 11 is 1.42. The zero-order valence-corrected chi connectivity index (χ0v) is 16.2. The summed E-state index contributed by atoms with van der Waals surface area (Å²) in [6.07, 6.45) is 0.844. The molecule has 2 atom stereocenters. The van der Waals surface area contributed by atoms with Gasteiger partial charge in [0.15, 0.2) is 21.4 Å². The van der Waals surface area contributed by atoms with E-state index >= 15 is 0 Å². The summed E-state index contributed by atoms with van der Waals surface area (Å²) in [6.45, 7) is 3.86. The Morgan fingerprint density at radius 2 is 1.77 bits per heavy atom. The van der Waals surface area contributed by atoms with Crippen molar-refractivity contribution in [3.05, 3.63) is 59.2 Å². The molecule has 0 unspecified atom stereocenters. The van der Waals surface area contributed by atoms with Crippen molar-refractivity contribution in [2.45, 2.75) is 35.7 Å². The van der Waals surface area contributed by atoms with Gasteiger partial charge in [0, 0.05) is 0 Å². The van der Waals surface area contributed by atoms with Crippen LogP contribution in [0.5, 0.6) is 5.75 Å². The van der Waals surface area contributed by atoms with E-state index in [1.807, 2.05) is 13.8 Å². The van der Waals surface area contributed by atoms with Crippen molar-refractivity contribution < 1.29 is 21.9 Å². The molecule has 0 N–H and O–H groups in total. The summed E-state index contributed by atoms with van der Waals surface area (Å²) < 4.78 is 60.8. The van der Waals surface area contributed by atoms with Crippen molar-refractivity contribution in [1.29, 1.82) is 0 Å². The van der Waals surface area contributed by atoms with Gasteiger partial charge in [-0.05, 0) is 43.4 Å². The second-order valence-electron chi connectivity index (χ2n) is 6.27. The molecule has 0 bridgehead atoms. The summed E-state index contributed by atoms with van der Waals surface area (Å²) in [5, 5.41) is -1.70. The second kappa shape index (κ2) is 7.56. The number of hydrogen-bond donors (Lipinski definition) is 0. The number of aryl methyl sites for hydroxylation is 1. The standard InChI is InChI=1S/C19H20F2O3S2/c1-3-10-25-16-11-24-18-15(21)9-8-14(20)17(18)19(16)26(22,23)13-6-4-12(2)5-7-13/h4-9,16,19H,3,10-11H2,1-2H3/t16-,19+/m1/s1. The molecule has 2 aromatic carbocycles. The fraction of sp³-hybridized carbons (Fsp3) is 0.368. The van der Waals surface area contributed by atoms with Crippen LogP contribution in [-0.4, -0.2) is 26.0 Å². The number of fused-ring (bicyclic) bond motifs is 1. The average Bonchev–Trinajstić information content (AvgIpc) is 2.62. The first-order chi connectivity index (χ1) is 12.4. The van der Waals surface area contributed by atoms with E-state index in [4.69, 9.17) is 4.74 Å². The molecule has 1 aliphatic heterocycles. The molecular formula is C19H20F2O3S2. The molecule has 140 valence electrons. The molecule has 0 amide bonds. The van der Waals surface area contributed by atoms with Crippen molar-refractivity contribution in [2.75, 3.05) is 12.4 Å². The minimum atomic E-state index is -3.92. The van der Waals surface area contributed by atoms with E-state index < -0.39 is 32.0 Å². The molecule has 0 saturated heterocycles. The maximum absolute atomic E-state index is 14.6. The molecule has 0 spiro atoms. The lowest BCUT2D eigenvalue weighted by atomic mass is 10.0. The predicted molar refractivity (Wildman–Crippen MR) is 99.5 cm³/mol. The molecule has 2 aromatic rings. The van der Waals surface area contributed by atoms with Crippen LogP contribution >= 0.6 is 11.8 Å². The molecule has 0 aromatic heterocycles. The summed E-state index contributed by atoms with van der Waals surface area (Å²) in [5.41, 5.74) is 0.718. The molecular weight excluding hydrogens is 378 g/mol. The van der Waals surface area contributed by atoms with E-state index in [9.17, 15) is 17.2 Å². The highest BCUT2D eigenvalue weighted by molar-refractivity contribution is 8.01. The van der Waals surface area contributed by atoms with Gasteiger partial charge in [0.1, 0.15) is 17.7 Å². The lowest BCUT2D eigenvalue weighted by molar-refractivity contribution is 0.270. The van der Waals surface area contributed by atoms with Crippen molar-refractivity contribution in [3.63, 3.8) is 0 Å². The summed E-state index contributed by atoms with van der Waals surface area (Å²) in [6, 6.07) is 8.34. The quantitative estimate of drug-likeness (QED) is 0.733. The summed E-state index contributed by atoms with van der Waals surface area (Å²) in [4.78, 5) is 0.103. The van der Waals surface area contributed by atoms with Crippen LogP contribution in [-0.2, 0) is 9.84 Å². The van der Waals surface area contributed by atoms with E-state index in [0.29, 0.717) is 5.75 Å². The zero-order valence-electron chi connectivity index (χ0n) is 14.5. The van der Waals surface area contributed by atoms with Gasteiger partial charge in [-0.25, -0.2) is 17.2 Å².